The molecule has 1 atom stereocenters. The molecule has 12 heavy (non-hydrogen) atoms. The van der Waals surface area contributed by atoms with Crippen LogP contribution in [0.4, 0.5) is 0 Å². The Hall–Kier alpha value is -0.970. The van der Waals surface area contributed by atoms with Crippen LogP contribution in [0.25, 0.3) is 0 Å². The number of carbonyl (C=O) groups excluding carboxylic acids is 1. The van der Waals surface area contributed by atoms with Gasteiger partial charge in [-0.2, -0.15) is 0 Å². The van der Waals surface area contributed by atoms with E-state index in [-0.39, 0.29) is 18.5 Å². The fraction of sp³-hybridized carbons (Fsp3) is 0.600. The Labute approximate surface area is 74.3 Å². The molecule has 0 N–H and O–H groups in total. The van der Waals surface area contributed by atoms with Crippen LogP contribution in [0.2, 0.25) is 0 Å². The minimum atomic E-state index is -0.170. The van der Waals surface area contributed by atoms with E-state index in [0.717, 1.165) is 6.42 Å². The summed E-state index contributed by atoms with van der Waals surface area (Å²) in [5.74, 6) is 5.22. The molecule has 0 aromatic rings. The van der Waals surface area contributed by atoms with Gasteiger partial charge in [0.25, 0.3) is 0 Å². The lowest BCUT2D eigenvalue weighted by atomic mass is 10.1. The van der Waals surface area contributed by atoms with E-state index in [4.69, 9.17) is 4.74 Å². The van der Waals surface area contributed by atoms with Crippen molar-refractivity contribution in [1.29, 1.82) is 0 Å². The molecule has 0 saturated carbocycles. The molecule has 0 spiro atoms. The molecule has 0 unspecified atom stereocenters. The van der Waals surface area contributed by atoms with Gasteiger partial charge in [0.15, 0.2) is 6.61 Å². The second kappa shape index (κ2) is 6.72. The Morgan fingerprint density at radius 2 is 2.25 bits per heavy atom. The standard InChI is InChI=1S/C10H15O2/c1-4-6-7-8-12-10(11)9(3)5-2/h9H,1,4-5,8H2,2-3H3/t9-/m0/s1. The van der Waals surface area contributed by atoms with Crippen LogP contribution in [0.1, 0.15) is 26.7 Å². The van der Waals surface area contributed by atoms with Gasteiger partial charge in [0.2, 0.25) is 0 Å². The molecule has 0 heterocycles. The van der Waals surface area contributed by atoms with Gasteiger partial charge >= 0.3 is 5.97 Å². The molecule has 67 valence electrons. The zero-order valence-electron chi connectivity index (χ0n) is 7.72. The maximum Gasteiger partial charge on any atom is 0.309 e. The molecule has 0 rings (SSSR count). The predicted octanol–water partition coefficient (Wildman–Crippen LogP) is 1.80. The molecule has 0 saturated heterocycles. The summed E-state index contributed by atoms with van der Waals surface area (Å²) in [6, 6.07) is 0. The molecule has 2 heteroatoms. The van der Waals surface area contributed by atoms with Crippen molar-refractivity contribution in [2.45, 2.75) is 26.7 Å². The highest BCUT2D eigenvalue weighted by Crippen LogP contribution is 2.02. The number of rotatable bonds is 3. The first-order valence-electron chi connectivity index (χ1n) is 4.14. The number of hydrogen-bond donors (Lipinski definition) is 0. The summed E-state index contributed by atoms with van der Waals surface area (Å²) in [7, 11) is 0. The number of hydrogen-bond acceptors (Lipinski definition) is 2. The lowest BCUT2D eigenvalue weighted by molar-refractivity contribution is -0.146. The monoisotopic (exact) mass is 167 g/mol. The van der Waals surface area contributed by atoms with Gasteiger partial charge in [-0.1, -0.05) is 25.7 Å². The third-order valence-corrected chi connectivity index (χ3v) is 1.55. The van der Waals surface area contributed by atoms with Crippen LogP contribution >= 0.6 is 0 Å². The van der Waals surface area contributed by atoms with E-state index in [1.54, 1.807) is 0 Å². The Morgan fingerprint density at radius 3 is 2.75 bits per heavy atom. The van der Waals surface area contributed by atoms with Crippen molar-refractivity contribution in [2.75, 3.05) is 6.61 Å². The molecule has 0 fully saturated rings. The van der Waals surface area contributed by atoms with Gasteiger partial charge in [0.1, 0.15) is 0 Å². The summed E-state index contributed by atoms with van der Waals surface area (Å²) < 4.78 is 4.86. The van der Waals surface area contributed by atoms with E-state index >= 15 is 0 Å². The van der Waals surface area contributed by atoms with E-state index in [1.165, 1.54) is 0 Å². The van der Waals surface area contributed by atoms with Crippen LogP contribution in [-0.2, 0) is 9.53 Å². The second-order valence-corrected chi connectivity index (χ2v) is 2.52. The molecule has 1 radical (unpaired) electrons. The summed E-state index contributed by atoms with van der Waals surface area (Å²) in [5, 5.41) is 0. The van der Waals surface area contributed by atoms with Crippen molar-refractivity contribution >= 4 is 5.97 Å². The Kier molecular flexibility index (Phi) is 6.18. The third kappa shape index (κ3) is 4.79. The zero-order valence-corrected chi connectivity index (χ0v) is 7.72. The topological polar surface area (TPSA) is 26.3 Å². The second-order valence-electron chi connectivity index (χ2n) is 2.52. The normalized spacial score (nSPS) is 11.2. The lowest BCUT2D eigenvalue weighted by Gasteiger charge is -2.05. The van der Waals surface area contributed by atoms with Gasteiger partial charge in [-0.05, 0) is 13.3 Å². The number of esters is 1. The van der Waals surface area contributed by atoms with Crippen molar-refractivity contribution in [3.8, 4) is 11.8 Å². The summed E-state index contributed by atoms with van der Waals surface area (Å²) in [5.41, 5.74) is 0. The highest BCUT2D eigenvalue weighted by molar-refractivity contribution is 5.72. The van der Waals surface area contributed by atoms with Crippen LogP contribution in [-0.4, -0.2) is 12.6 Å². The SMILES string of the molecule is [CH2]CC#CCOC(=O)[C@@H](C)CC. The first-order valence-corrected chi connectivity index (χ1v) is 4.14. The van der Waals surface area contributed by atoms with Crippen molar-refractivity contribution in [3.63, 3.8) is 0 Å². The Morgan fingerprint density at radius 1 is 1.58 bits per heavy atom. The van der Waals surface area contributed by atoms with E-state index in [0.29, 0.717) is 6.42 Å². The summed E-state index contributed by atoms with van der Waals surface area (Å²) >= 11 is 0. The van der Waals surface area contributed by atoms with Crippen LogP contribution in [0, 0.1) is 24.7 Å². The Bertz CT molecular complexity index is 186. The molecule has 0 bridgehead atoms. The van der Waals surface area contributed by atoms with Gasteiger partial charge in [0.05, 0.1) is 5.92 Å². The van der Waals surface area contributed by atoms with Gasteiger partial charge in [-0.15, -0.1) is 0 Å². The molecule has 0 aromatic heterocycles. The van der Waals surface area contributed by atoms with Crippen molar-refractivity contribution in [2.24, 2.45) is 5.92 Å². The van der Waals surface area contributed by atoms with Crippen molar-refractivity contribution in [3.05, 3.63) is 6.92 Å². The van der Waals surface area contributed by atoms with Crippen LogP contribution < -0.4 is 0 Å². The third-order valence-electron chi connectivity index (χ3n) is 1.55. The zero-order chi connectivity index (χ0) is 9.40. The highest BCUT2D eigenvalue weighted by atomic mass is 16.5. The van der Waals surface area contributed by atoms with Crippen molar-refractivity contribution in [1.82, 2.24) is 0 Å². The predicted molar refractivity (Wildman–Crippen MR) is 48.2 cm³/mol. The minimum absolute atomic E-state index is 0.0217. The average Bonchev–Trinajstić information content (AvgIpc) is 2.10. The molecule has 0 aliphatic heterocycles. The van der Waals surface area contributed by atoms with Crippen LogP contribution in [0.15, 0.2) is 0 Å². The Balaban J connectivity index is 3.57. The fourth-order valence-corrected chi connectivity index (χ4v) is 0.556. The van der Waals surface area contributed by atoms with Crippen molar-refractivity contribution < 1.29 is 9.53 Å². The first-order chi connectivity index (χ1) is 5.72. The lowest BCUT2D eigenvalue weighted by Crippen LogP contribution is -2.13. The summed E-state index contributed by atoms with van der Waals surface area (Å²) in [4.78, 5) is 11.0. The largest absolute Gasteiger partial charge is 0.452 e. The molecule has 0 aromatic carbocycles. The molecule has 0 aliphatic rings. The average molecular weight is 167 g/mol. The van der Waals surface area contributed by atoms with E-state index in [1.807, 2.05) is 13.8 Å². The number of carbonyl (C=O) groups is 1. The van der Waals surface area contributed by atoms with E-state index < -0.39 is 0 Å². The van der Waals surface area contributed by atoms with Gasteiger partial charge in [-0.3, -0.25) is 4.79 Å². The maximum absolute atomic E-state index is 11.0. The molecule has 0 aliphatic carbocycles. The molecular weight excluding hydrogens is 152 g/mol. The van der Waals surface area contributed by atoms with Gasteiger partial charge < -0.3 is 4.74 Å². The molecular formula is C10H15O2. The first kappa shape index (κ1) is 11.0. The maximum atomic E-state index is 11.0. The quantitative estimate of drug-likeness (QED) is 0.473. The van der Waals surface area contributed by atoms with E-state index in [9.17, 15) is 4.79 Å². The summed E-state index contributed by atoms with van der Waals surface area (Å²) in [6.45, 7) is 7.53. The molecule has 2 nitrogen and oxygen atoms in total. The fourth-order valence-electron chi connectivity index (χ4n) is 0.556. The summed E-state index contributed by atoms with van der Waals surface area (Å²) in [6.07, 6.45) is 1.36. The van der Waals surface area contributed by atoms with Crippen LogP contribution in [0.3, 0.4) is 0 Å². The molecule has 0 amide bonds. The van der Waals surface area contributed by atoms with Gasteiger partial charge in [0, 0.05) is 6.42 Å². The van der Waals surface area contributed by atoms with E-state index in [2.05, 4.69) is 18.8 Å². The number of ether oxygens (including phenoxy) is 1. The van der Waals surface area contributed by atoms with Gasteiger partial charge in [-0.25, -0.2) is 0 Å². The smallest absolute Gasteiger partial charge is 0.309 e. The van der Waals surface area contributed by atoms with Crippen LogP contribution in [0.5, 0.6) is 0 Å². The highest BCUT2D eigenvalue weighted by Gasteiger charge is 2.10. The minimum Gasteiger partial charge on any atom is -0.452 e.